The van der Waals surface area contributed by atoms with E-state index in [1.54, 1.807) is 0 Å². The number of rotatable bonds is 36. The highest BCUT2D eigenvalue weighted by molar-refractivity contribution is 5.76. The summed E-state index contributed by atoms with van der Waals surface area (Å²) < 4.78 is 22.7. The van der Waals surface area contributed by atoms with Gasteiger partial charge in [0.2, 0.25) is 5.91 Å². The molecular weight excluding hydrogens is 762 g/mol. The predicted octanol–water partition coefficient (Wildman–Crippen LogP) is 5.05. The van der Waals surface area contributed by atoms with Crippen molar-refractivity contribution in [3.8, 4) is 0 Å². The summed E-state index contributed by atoms with van der Waals surface area (Å²) in [6, 6.07) is -0.819. The molecule has 2 rings (SSSR count). The lowest BCUT2D eigenvalue weighted by atomic mass is 9.97. The number of ether oxygens (including phenoxy) is 4. The lowest BCUT2D eigenvalue weighted by Crippen LogP contribution is -2.65. The van der Waals surface area contributed by atoms with Crippen molar-refractivity contribution in [3.05, 3.63) is 0 Å². The molecule has 2 fully saturated rings. The lowest BCUT2D eigenvalue weighted by molar-refractivity contribution is -0.359. The number of nitrogens with one attached hydrogen (secondary N) is 1. The Balaban J connectivity index is 1.86. The molecule has 2 aliphatic rings. The van der Waals surface area contributed by atoms with Gasteiger partial charge >= 0.3 is 0 Å². The van der Waals surface area contributed by atoms with Gasteiger partial charge in [0.25, 0.3) is 0 Å². The summed E-state index contributed by atoms with van der Waals surface area (Å²) in [6.45, 7) is 2.83. The van der Waals surface area contributed by atoms with E-state index in [2.05, 4.69) is 19.2 Å². The highest BCUT2D eigenvalue weighted by Crippen LogP contribution is 2.30. The van der Waals surface area contributed by atoms with E-state index in [9.17, 15) is 45.6 Å². The maximum absolute atomic E-state index is 13.1. The molecule has 4 unspecified atom stereocenters. The summed E-state index contributed by atoms with van der Waals surface area (Å²) in [5, 5.41) is 86.6. The maximum atomic E-state index is 13.1. The summed E-state index contributed by atoms with van der Waals surface area (Å²) in [5.74, 6) is -0.207. The molecular formula is C45H87NO13. The van der Waals surface area contributed by atoms with Crippen LogP contribution in [0.2, 0.25) is 0 Å². The Hall–Kier alpha value is -1.01. The molecule has 350 valence electrons. The summed E-state index contributed by atoms with van der Waals surface area (Å²) in [5.41, 5.74) is 0. The monoisotopic (exact) mass is 850 g/mol. The second kappa shape index (κ2) is 33.5. The Morgan fingerprint density at radius 2 is 0.966 bits per heavy atom. The number of carbonyl (C=O) groups is 1. The standard InChI is InChI=1S/C45H87NO13/c1-3-5-7-9-11-13-15-16-17-19-21-23-25-27-29-37(50)46-33(34(49)28-26-24-22-20-18-14-12-10-8-6-4-2)32-56-44-42(55)40(53)43(36(31-48)58-44)59-45-41(54)39(52)38(51)35(30-47)57-45/h33-36,38-45,47-49,51-55H,3-32H2,1-2H3,(H,46,50)/t33-,34+,35+,36+,38-,39?,40?,41?,42?,43+,44+,45-/m0/s1. The van der Waals surface area contributed by atoms with Crippen molar-refractivity contribution in [1.29, 1.82) is 0 Å². The lowest BCUT2D eigenvalue weighted by Gasteiger charge is -2.46. The van der Waals surface area contributed by atoms with Crippen molar-refractivity contribution in [2.45, 2.75) is 261 Å². The van der Waals surface area contributed by atoms with Crippen molar-refractivity contribution in [2.24, 2.45) is 0 Å². The van der Waals surface area contributed by atoms with Gasteiger partial charge in [-0.3, -0.25) is 4.79 Å². The zero-order valence-corrected chi connectivity index (χ0v) is 36.8. The molecule has 0 aromatic heterocycles. The fraction of sp³-hybridized carbons (Fsp3) is 0.978. The highest BCUT2D eigenvalue weighted by Gasteiger charge is 2.51. The summed E-state index contributed by atoms with van der Waals surface area (Å²) in [6.07, 6.45) is 14.0. The topological polar surface area (TPSA) is 228 Å². The fourth-order valence-electron chi connectivity index (χ4n) is 8.12. The van der Waals surface area contributed by atoms with E-state index in [1.165, 1.54) is 109 Å². The van der Waals surface area contributed by atoms with Gasteiger partial charge in [0.15, 0.2) is 12.6 Å². The van der Waals surface area contributed by atoms with Crippen LogP contribution in [0, 0.1) is 0 Å². The fourth-order valence-corrected chi connectivity index (χ4v) is 8.12. The molecule has 0 aromatic carbocycles. The van der Waals surface area contributed by atoms with Gasteiger partial charge in [-0.2, -0.15) is 0 Å². The third-order valence-electron chi connectivity index (χ3n) is 12.1. The second-order valence-electron chi connectivity index (χ2n) is 17.2. The van der Waals surface area contributed by atoms with Crippen LogP contribution in [-0.4, -0.2) is 140 Å². The minimum absolute atomic E-state index is 0.207. The molecule has 0 spiro atoms. The van der Waals surface area contributed by atoms with Crippen LogP contribution in [0.1, 0.15) is 187 Å². The van der Waals surface area contributed by atoms with Crippen molar-refractivity contribution >= 4 is 5.91 Å². The van der Waals surface area contributed by atoms with Crippen LogP contribution in [0.4, 0.5) is 0 Å². The zero-order chi connectivity index (χ0) is 43.3. The van der Waals surface area contributed by atoms with E-state index in [0.29, 0.717) is 12.8 Å². The second-order valence-corrected chi connectivity index (χ2v) is 17.2. The third kappa shape index (κ3) is 21.8. The molecule has 9 N–H and O–H groups in total. The van der Waals surface area contributed by atoms with E-state index >= 15 is 0 Å². The Morgan fingerprint density at radius 1 is 0.542 bits per heavy atom. The first-order valence-electron chi connectivity index (χ1n) is 23.8. The quantitative estimate of drug-likeness (QED) is 0.0377. The Bertz CT molecular complexity index is 1010. The van der Waals surface area contributed by atoms with Gasteiger partial charge in [0.05, 0.1) is 32.0 Å². The molecule has 59 heavy (non-hydrogen) atoms. The molecule has 0 aromatic rings. The van der Waals surface area contributed by atoms with Gasteiger partial charge in [-0.15, -0.1) is 0 Å². The molecule has 1 amide bonds. The van der Waals surface area contributed by atoms with Crippen LogP contribution < -0.4 is 5.32 Å². The zero-order valence-electron chi connectivity index (χ0n) is 36.8. The molecule has 2 aliphatic heterocycles. The molecule has 0 saturated carbocycles. The first-order valence-corrected chi connectivity index (χ1v) is 23.8. The molecule has 12 atom stereocenters. The van der Waals surface area contributed by atoms with Crippen molar-refractivity contribution in [3.63, 3.8) is 0 Å². The van der Waals surface area contributed by atoms with Crippen LogP contribution in [0.15, 0.2) is 0 Å². The Labute approximate surface area is 355 Å². The van der Waals surface area contributed by atoms with E-state index < -0.39 is 86.8 Å². The van der Waals surface area contributed by atoms with Crippen molar-refractivity contribution in [2.75, 3.05) is 19.8 Å². The number of unbranched alkanes of at least 4 members (excludes halogenated alkanes) is 23. The predicted molar refractivity (Wildman–Crippen MR) is 226 cm³/mol. The maximum Gasteiger partial charge on any atom is 0.220 e. The minimum atomic E-state index is -1.78. The van der Waals surface area contributed by atoms with Gasteiger partial charge in [0.1, 0.15) is 48.8 Å². The average Bonchev–Trinajstić information content (AvgIpc) is 3.23. The number of amides is 1. The normalized spacial score (nSPS) is 28.4. The smallest absolute Gasteiger partial charge is 0.220 e. The summed E-state index contributed by atoms with van der Waals surface area (Å²) >= 11 is 0. The average molecular weight is 850 g/mol. The number of carbonyl (C=O) groups excluding carboxylic acids is 1. The summed E-state index contributed by atoms with van der Waals surface area (Å²) in [7, 11) is 0. The van der Waals surface area contributed by atoms with Crippen LogP contribution in [0.5, 0.6) is 0 Å². The Morgan fingerprint density at radius 3 is 1.44 bits per heavy atom. The van der Waals surface area contributed by atoms with E-state index in [-0.39, 0.29) is 12.5 Å². The first-order chi connectivity index (χ1) is 28.6. The first kappa shape index (κ1) is 54.1. The molecule has 14 heteroatoms. The van der Waals surface area contributed by atoms with Gasteiger partial charge in [-0.1, -0.05) is 168 Å². The van der Waals surface area contributed by atoms with E-state index in [1.807, 2.05) is 0 Å². The van der Waals surface area contributed by atoms with Gasteiger partial charge < -0.3 is 65.1 Å². The van der Waals surface area contributed by atoms with Crippen molar-refractivity contribution < 1.29 is 64.6 Å². The van der Waals surface area contributed by atoms with Crippen LogP contribution in [0.25, 0.3) is 0 Å². The molecule has 0 radical (unpaired) electrons. The number of hydrogen-bond acceptors (Lipinski definition) is 13. The molecule has 14 nitrogen and oxygen atoms in total. The largest absolute Gasteiger partial charge is 0.394 e. The molecule has 2 saturated heterocycles. The van der Waals surface area contributed by atoms with Crippen LogP contribution in [-0.2, 0) is 23.7 Å². The highest BCUT2D eigenvalue weighted by atomic mass is 16.7. The van der Waals surface area contributed by atoms with Crippen molar-refractivity contribution in [1.82, 2.24) is 5.32 Å². The van der Waals surface area contributed by atoms with Gasteiger partial charge in [-0.05, 0) is 12.8 Å². The van der Waals surface area contributed by atoms with E-state index in [0.717, 1.165) is 51.4 Å². The molecule has 2 heterocycles. The summed E-state index contributed by atoms with van der Waals surface area (Å²) in [4.78, 5) is 13.1. The minimum Gasteiger partial charge on any atom is -0.394 e. The molecule has 0 bridgehead atoms. The number of aliphatic hydroxyl groups excluding tert-OH is 8. The van der Waals surface area contributed by atoms with E-state index in [4.69, 9.17) is 18.9 Å². The number of hydrogen-bond donors (Lipinski definition) is 9. The van der Waals surface area contributed by atoms with Gasteiger partial charge in [-0.25, -0.2) is 0 Å². The Kier molecular flexibility index (Phi) is 30.8. The van der Waals surface area contributed by atoms with Crippen LogP contribution in [0.3, 0.4) is 0 Å². The van der Waals surface area contributed by atoms with Gasteiger partial charge in [0, 0.05) is 6.42 Å². The van der Waals surface area contributed by atoms with Crippen LogP contribution >= 0.6 is 0 Å². The molecule has 0 aliphatic carbocycles. The number of aliphatic hydroxyl groups is 8. The SMILES string of the molecule is CCCCCCCCCCCCCCCCC(=O)N[C@@H](CO[C@@H]1O[C@H](CO)[C@@H](O[C@@H]2O[C@H](CO)[C@H](O)C(O)C2O)C(O)C1O)[C@H](O)CCCCCCCCCCCCC. The third-order valence-corrected chi connectivity index (χ3v) is 12.1.